The van der Waals surface area contributed by atoms with Crippen LogP contribution in [0.4, 0.5) is 0 Å². The molecule has 6 heteroatoms. The van der Waals surface area contributed by atoms with Crippen LogP contribution in [-0.4, -0.2) is 17.0 Å². The van der Waals surface area contributed by atoms with Gasteiger partial charge in [-0.25, -0.2) is 4.98 Å². The predicted molar refractivity (Wildman–Crippen MR) is 71.3 cm³/mol. The zero-order valence-corrected chi connectivity index (χ0v) is 11.2. The molecular formula is C12H11Cl2N3O. The SMILES string of the molecule is CNCc1cc(Oc2cncc(Cl)c2)ncc1Cl. The molecular weight excluding hydrogens is 273 g/mol. The van der Waals surface area contributed by atoms with Crippen LogP contribution in [-0.2, 0) is 6.54 Å². The lowest BCUT2D eigenvalue weighted by Crippen LogP contribution is -2.06. The smallest absolute Gasteiger partial charge is 0.219 e. The lowest BCUT2D eigenvalue weighted by Gasteiger charge is -2.07. The number of pyridine rings is 2. The topological polar surface area (TPSA) is 47.0 Å². The molecule has 4 nitrogen and oxygen atoms in total. The van der Waals surface area contributed by atoms with Gasteiger partial charge in [-0.3, -0.25) is 4.98 Å². The summed E-state index contributed by atoms with van der Waals surface area (Å²) in [6.45, 7) is 0.644. The summed E-state index contributed by atoms with van der Waals surface area (Å²) in [6, 6.07) is 3.45. The normalized spacial score (nSPS) is 10.4. The van der Waals surface area contributed by atoms with Crippen LogP contribution in [0.1, 0.15) is 5.56 Å². The molecule has 0 fully saturated rings. The average molecular weight is 284 g/mol. The molecule has 0 spiro atoms. The Morgan fingerprint density at radius 2 is 2.06 bits per heavy atom. The second-order valence-electron chi connectivity index (χ2n) is 3.59. The highest BCUT2D eigenvalue weighted by molar-refractivity contribution is 6.31. The van der Waals surface area contributed by atoms with Crippen LogP contribution < -0.4 is 10.1 Å². The van der Waals surface area contributed by atoms with E-state index >= 15 is 0 Å². The highest BCUT2D eigenvalue weighted by Gasteiger charge is 2.05. The molecule has 94 valence electrons. The zero-order chi connectivity index (χ0) is 13.0. The van der Waals surface area contributed by atoms with E-state index in [4.69, 9.17) is 27.9 Å². The predicted octanol–water partition coefficient (Wildman–Crippen LogP) is 3.30. The van der Waals surface area contributed by atoms with Crippen molar-refractivity contribution in [3.8, 4) is 11.6 Å². The van der Waals surface area contributed by atoms with Crippen molar-refractivity contribution >= 4 is 23.2 Å². The molecule has 18 heavy (non-hydrogen) atoms. The summed E-state index contributed by atoms with van der Waals surface area (Å²) >= 11 is 11.8. The van der Waals surface area contributed by atoms with Crippen molar-refractivity contribution in [1.82, 2.24) is 15.3 Å². The van der Waals surface area contributed by atoms with Crippen molar-refractivity contribution in [3.05, 3.63) is 46.3 Å². The summed E-state index contributed by atoms with van der Waals surface area (Å²) in [5, 5.41) is 4.13. The molecule has 0 aliphatic heterocycles. The van der Waals surface area contributed by atoms with Crippen molar-refractivity contribution in [2.45, 2.75) is 6.54 Å². The monoisotopic (exact) mass is 283 g/mol. The summed E-state index contributed by atoms with van der Waals surface area (Å²) in [7, 11) is 1.85. The van der Waals surface area contributed by atoms with E-state index < -0.39 is 0 Å². The van der Waals surface area contributed by atoms with Crippen LogP contribution in [0.2, 0.25) is 10.0 Å². The van der Waals surface area contributed by atoms with Gasteiger partial charge < -0.3 is 10.1 Å². The minimum atomic E-state index is 0.453. The second-order valence-corrected chi connectivity index (χ2v) is 4.43. The van der Waals surface area contributed by atoms with E-state index in [2.05, 4.69) is 15.3 Å². The highest BCUT2D eigenvalue weighted by atomic mass is 35.5. The van der Waals surface area contributed by atoms with E-state index in [1.165, 1.54) is 6.20 Å². The summed E-state index contributed by atoms with van der Waals surface area (Å²) < 4.78 is 5.56. The van der Waals surface area contributed by atoms with Gasteiger partial charge in [0.05, 0.1) is 16.2 Å². The molecule has 0 unspecified atom stereocenters. The third-order valence-corrected chi connectivity index (χ3v) is 2.73. The fourth-order valence-electron chi connectivity index (χ4n) is 1.41. The third-order valence-electron chi connectivity index (χ3n) is 2.18. The van der Waals surface area contributed by atoms with Crippen molar-refractivity contribution in [1.29, 1.82) is 0 Å². The quantitative estimate of drug-likeness (QED) is 0.935. The first kappa shape index (κ1) is 13.1. The molecule has 2 rings (SSSR count). The third kappa shape index (κ3) is 3.32. The summed E-state index contributed by atoms with van der Waals surface area (Å²) in [4.78, 5) is 8.03. The van der Waals surface area contributed by atoms with Gasteiger partial charge in [-0.15, -0.1) is 0 Å². The Hall–Kier alpha value is -1.36. The number of hydrogen-bond donors (Lipinski definition) is 1. The van der Waals surface area contributed by atoms with Gasteiger partial charge in [-0.2, -0.15) is 0 Å². The molecule has 0 saturated carbocycles. The number of ether oxygens (including phenoxy) is 1. The number of nitrogens with one attached hydrogen (secondary N) is 1. The summed E-state index contributed by atoms with van der Waals surface area (Å²) in [6.07, 6.45) is 4.66. The first-order valence-corrected chi connectivity index (χ1v) is 6.02. The molecule has 0 aromatic carbocycles. The zero-order valence-electron chi connectivity index (χ0n) is 9.65. The Balaban J connectivity index is 2.21. The Bertz CT molecular complexity index is 549. The molecule has 0 saturated heterocycles. The van der Waals surface area contributed by atoms with Gasteiger partial charge in [0.1, 0.15) is 5.75 Å². The largest absolute Gasteiger partial charge is 0.437 e. The fraction of sp³-hybridized carbons (Fsp3) is 0.167. The van der Waals surface area contributed by atoms with Crippen molar-refractivity contribution in [2.75, 3.05) is 7.05 Å². The van der Waals surface area contributed by atoms with Crippen LogP contribution in [0.3, 0.4) is 0 Å². The fourth-order valence-corrected chi connectivity index (χ4v) is 1.74. The van der Waals surface area contributed by atoms with Gasteiger partial charge in [0.15, 0.2) is 0 Å². The van der Waals surface area contributed by atoms with E-state index in [-0.39, 0.29) is 0 Å². The number of hydrogen-bond acceptors (Lipinski definition) is 4. The molecule has 0 radical (unpaired) electrons. The van der Waals surface area contributed by atoms with Crippen LogP contribution in [0, 0.1) is 0 Å². The molecule has 1 N–H and O–H groups in total. The molecule has 0 aliphatic rings. The number of rotatable bonds is 4. The maximum atomic E-state index is 6.01. The van der Waals surface area contributed by atoms with Gasteiger partial charge in [-0.1, -0.05) is 23.2 Å². The second kappa shape index (κ2) is 6.00. The van der Waals surface area contributed by atoms with Crippen molar-refractivity contribution in [2.24, 2.45) is 0 Å². The minimum Gasteiger partial charge on any atom is -0.437 e. The first-order valence-electron chi connectivity index (χ1n) is 5.26. The van der Waals surface area contributed by atoms with Crippen LogP contribution in [0.25, 0.3) is 0 Å². The molecule has 0 bridgehead atoms. The number of halogens is 2. The van der Waals surface area contributed by atoms with Gasteiger partial charge in [0, 0.05) is 31.1 Å². The van der Waals surface area contributed by atoms with E-state index in [0.717, 1.165) is 5.56 Å². The molecule has 2 aromatic rings. The Morgan fingerprint density at radius 3 is 2.78 bits per heavy atom. The lowest BCUT2D eigenvalue weighted by molar-refractivity contribution is 0.460. The Kier molecular flexibility index (Phi) is 4.36. The number of aromatic nitrogens is 2. The van der Waals surface area contributed by atoms with E-state index in [9.17, 15) is 0 Å². The Labute approximate surface area is 115 Å². The average Bonchev–Trinajstić information content (AvgIpc) is 2.34. The van der Waals surface area contributed by atoms with Crippen LogP contribution in [0.15, 0.2) is 30.7 Å². The van der Waals surface area contributed by atoms with E-state index in [0.29, 0.717) is 28.2 Å². The molecule has 0 amide bonds. The summed E-state index contributed by atoms with van der Waals surface area (Å²) in [5.74, 6) is 0.987. The van der Waals surface area contributed by atoms with Crippen LogP contribution >= 0.6 is 23.2 Å². The maximum Gasteiger partial charge on any atom is 0.219 e. The Morgan fingerprint density at radius 1 is 1.22 bits per heavy atom. The first-order chi connectivity index (χ1) is 8.69. The van der Waals surface area contributed by atoms with Crippen molar-refractivity contribution in [3.63, 3.8) is 0 Å². The maximum absolute atomic E-state index is 6.01. The van der Waals surface area contributed by atoms with Crippen LogP contribution in [0.5, 0.6) is 11.6 Å². The van der Waals surface area contributed by atoms with E-state index in [1.807, 2.05) is 7.05 Å². The molecule has 2 heterocycles. The molecule has 0 atom stereocenters. The van der Waals surface area contributed by atoms with Crippen molar-refractivity contribution < 1.29 is 4.74 Å². The van der Waals surface area contributed by atoms with Gasteiger partial charge in [-0.05, 0) is 12.6 Å². The lowest BCUT2D eigenvalue weighted by atomic mass is 10.2. The van der Waals surface area contributed by atoms with Gasteiger partial charge in [0.25, 0.3) is 0 Å². The minimum absolute atomic E-state index is 0.453. The van der Waals surface area contributed by atoms with E-state index in [1.54, 1.807) is 24.5 Å². The standard InChI is InChI=1S/C12H11Cl2N3O/c1-15-4-8-2-12(17-7-11(8)14)18-10-3-9(13)5-16-6-10/h2-3,5-7,15H,4H2,1H3. The van der Waals surface area contributed by atoms with Gasteiger partial charge >= 0.3 is 0 Å². The highest BCUT2D eigenvalue weighted by Crippen LogP contribution is 2.24. The molecule has 0 aliphatic carbocycles. The summed E-state index contributed by atoms with van der Waals surface area (Å²) in [5.41, 5.74) is 0.916. The van der Waals surface area contributed by atoms with Gasteiger partial charge in [0.2, 0.25) is 5.88 Å². The number of nitrogens with zero attached hydrogens (tertiary/aromatic N) is 2. The molecule has 2 aromatic heterocycles.